The van der Waals surface area contributed by atoms with Crippen molar-refractivity contribution in [2.45, 2.75) is 6.55 Å². The van der Waals surface area contributed by atoms with Crippen molar-refractivity contribution < 1.29 is 13.5 Å². The molecule has 0 saturated heterocycles. The average Bonchev–Trinajstić information content (AvgIpc) is 2.78. The predicted molar refractivity (Wildman–Crippen MR) is 53.3 cm³/mol. The Balaban J connectivity index is 2.38. The first-order chi connectivity index (χ1) is 7.72. The number of alkyl halides is 2. The van der Waals surface area contributed by atoms with E-state index in [1.807, 2.05) is 0 Å². The van der Waals surface area contributed by atoms with Crippen molar-refractivity contribution in [2.24, 2.45) is 0 Å². The second kappa shape index (κ2) is 4.26. The van der Waals surface area contributed by atoms with Crippen LogP contribution in [0.15, 0.2) is 30.7 Å². The highest BCUT2D eigenvalue weighted by molar-refractivity contribution is 5.54. The molecule has 0 aliphatic carbocycles. The fourth-order valence-electron chi connectivity index (χ4n) is 1.33. The summed E-state index contributed by atoms with van der Waals surface area (Å²) in [6, 6.07) is 3.23. The molecule has 0 aliphatic heterocycles. The summed E-state index contributed by atoms with van der Waals surface area (Å²) in [4.78, 5) is 7.80. The monoisotopic (exact) mass is 225 g/mol. The van der Waals surface area contributed by atoms with Gasteiger partial charge in [-0.15, -0.1) is 0 Å². The first-order valence-corrected chi connectivity index (χ1v) is 4.54. The van der Waals surface area contributed by atoms with Crippen LogP contribution in [0, 0.1) is 0 Å². The van der Waals surface area contributed by atoms with Gasteiger partial charge in [0.2, 0.25) is 5.88 Å². The van der Waals surface area contributed by atoms with Crippen molar-refractivity contribution in [1.29, 1.82) is 0 Å². The quantitative estimate of drug-likeness (QED) is 0.804. The predicted octanol–water partition coefficient (Wildman–Crippen LogP) is 2.35. The van der Waals surface area contributed by atoms with Gasteiger partial charge in [0.05, 0.1) is 7.11 Å². The molecule has 2 rings (SSSR count). The van der Waals surface area contributed by atoms with Crippen molar-refractivity contribution in [3.8, 4) is 17.3 Å². The van der Waals surface area contributed by atoms with Crippen LogP contribution in [0.3, 0.4) is 0 Å². The summed E-state index contributed by atoms with van der Waals surface area (Å²) >= 11 is 0. The Labute approximate surface area is 90.5 Å². The maximum absolute atomic E-state index is 12.6. The molecule has 0 radical (unpaired) electrons. The summed E-state index contributed by atoms with van der Waals surface area (Å²) in [5.74, 6) is 0.615. The topological polar surface area (TPSA) is 39.9 Å². The Bertz CT molecular complexity index is 467. The number of ether oxygens (including phenoxy) is 1. The smallest absolute Gasteiger partial charge is 0.320 e. The molecule has 0 amide bonds. The van der Waals surface area contributed by atoms with Gasteiger partial charge in [-0.05, 0) is 6.07 Å². The molecule has 4 nitrogen and oxygen atoms in total. The molecule has 0 unspecified atom stereocenters. The minimum atomic E-state index is -2.61. The van der Waals surface area contributed by atoms with Gasteiger partial charge in [0.1, 0.15) is 5.82 Å². The van der Waals surface area contributed by atoms with Crippen LogP contribution in [0.25, 0.3) is 11.4 Å². The number of halogens is 2. The Kier molecular flexibility index (Phi) is 2.80. The number of methoxy groups -OCH3 is 1. The molecule has 16 heavy (non-hydrogen) atoms. The molecule has 0 aliphatic rings. The van der Waals surface area contributed by atoms with E-state index in [2.05, 4.69) is 9.97 Å². The van der Waals surface area contributed by atoms with Crippen molar-refractivity contribution >= 4 is 0 Å². The van der Waals surface area contributed by atoms with Crippen LogP contribution in [-0.4, -0.2) is 21.6 Å². The van der Waals surface area contributed by atoms with Crippen LogP contribution < -0.4 is 4.74 Å². The summed E-state index contributed by atoms with van der Waals surface area (Å²) in [5.41, 5.74) is 0.520. The fourth-order valence-corrected chi connectivity index (χ4v) is 1.33. The Hall–Kier alpha value is -1.98. The normalized spacial score (nSPS) is 10.8. The Morgan fingerprint density at radius 3 is 2.69 bits per heavy atom. The van der Waals surface area contributed by atoms with Crippen molar-refractivity contribution in [2.75, 3.05) is 7.11 Å². The van der Waals surface area contributed by atoms with Crippen molar-refractivity contribution in [3.05, 3.63) is 30.7 Å². The van der Waals surface area contributed by atoms with Crippen LogP contribution in [0.4, 0.5) is 8.78 Å². The number of pyridine rings is 1. The molecule has 0 atom stereocenters. The number of rotatable bonds is 3. The molecule has 0 N–H and O–H groups in total. The standard InChI is InChI=1S/C10H9F2N3O/c1-16-8-3-2-7(6-14-8)9-13-4-5-15(9)10(11)12/h2-6,10H,1H3. The highest BCUT2D eigenvalue weighted by Gasteiger charge is 2.13. The van der Waals surface area contributed by atoms with E-state index in [1.54, 1.807) is 12.1 Å². The number of hydrogen-bond acceptors (Lipinski definition) is 3. The summed E-state index contributed by atoms with van der Waals surface area (Å²) in [7, 11) is 1.49. The minimum Gasteiger partial charge on any atom is -0.481 e. The Morgan fingerprint density at radius 2 is 2.12 bits per heavy atom. The third kappa shape index (κ3) is 1.86. The van der Waals surface area contributed by atoms with Gasteiger partial charge in [-0.2, -0.15) is 8.78 Å². The zero-order chi connectivity index (χ0) is 11.5. The van der Waals surface area contributed by atoms with Crippen LogP contribution in [0.1, 0.15) is 6.55 Å². The lowest BCUT2D eigenvalue weighted by Gasteiger charge is -2.06. The molecular weight excluding hydrogens is 216 g/mol. The SMILES string of the molecule is COc1ccc(-c2nccn2C(F)F)cn1. The summed E-state index contributed by atoms with van der Waals surface area (Å²) in [5, 5.41) is 0. The van der Waals surface area contributed by atoms with Crippen LogP contribution in [-0.2, 0) is 0 Å². The highest BCUT2D eigenvalue weighted by atomic mass is 19.3. The molecule has 2 aromatic rings. The van der Waals surface area contributed by atoms with Crippen LogP contribution in [0.5, 0.6) is 5.88 Å². The lowest BCUT2D eigenvalue weighted by atomic mass is 10.3. The van der Waals surface area contributed by atoms with Crippen LogP contribution in [0.2, 0.25) is 0 Å². The largest absolute Gasteiger partial charge is 0.481 e. The van der Waals surface area contributed by atoms with Gasteiger partial charge in [-0.3, -0.25) is 4.57 Å². The number of hydrogen-bond donors (Lipinski definition) is 0. The number of nitrogens with zero attached hydrogens (tertiary/aromatic N) is 3. The Morgan fingerprint density at radius 1 is 1.31 bits per heavy atom. The van der Waals surface area contributed by atoms with Gasteiger partial charge in [-0.25, -0.2) is 9.97 Å². The molecule has 2 aromatic heterocycles. The van der Waals surface area contributed by atoms with E-state index in [1.165, 1.54) is 25.7 Å². The molecule has 0 bridgehead atoms. The van der Waals surface area contributed by atoms with E-state index in [9.17, 15) is 8.78 Å². The second-order valence-electron chi connectivity index (χ2n) is 3.03. The van der Waals surface area contributed by atoms with E-state index in [0.717, 1.165) is 4.57 Å². The zero-order valence-corrected chi connectivity index (χ0v) is 8.47. The third-order valence-electron chi connectivity index (χ3n) is 2.08. The van der Waals surface area contributed by atoms with Crippen molar-refractivity contribution in [1.82, 2.24) is 14.5 Å². The first kappa shape index (κ1) is 10.5. The van der Waals surface area contributed by atoms with Gasteiger partial charge in [-0.1, -0.05) is 0 Å². The maximum Gasteiger partial charge on any atom is 0.320 e. The molecule has 84 valence electrons. The van der Waals surface area contributed by atoms with Gasteiger partial charge in [0.15, 0.2) is 0 Å². The van der Waals surface area contributed by atoms with Gasteiger partial charge >= 0.3 is 6.55 Å². The summed E-state index contributed by atoms with van der Waals surface area (Å²) in [6.45, 7) is -2.61. The van der Waals surface area contributed by atoms with E-state index in [4.69, 9.17) is 4.74 Å². The molecule has 2 heterocycles. The van der Waals surface area contributed by atoms with E-state index in [-0.39, 0.29) is 5.82 Å². The summed E-state index contributed by atoms with van der Waals surface area (Å²) in [6.07, 6.45) is 4.00. The highest BCUT2D eigenvalue weighted by Crippen LogP contribution is 2.22. The maximum atomic E-state index is 12.6. The lowest BCUT2D eigenvalue weighted by molar-refractivity contribution is 0.0720. The lowest BCUT2D eigenvalue weighted by Crippen LogP contribution is -1.99. The third-order valence-corrected chi connectivity index (χ3v) is 2.08. The van der Waals surface area contributed by atoms with Gasteiger partial charge < -0.3 is 4.74 Å². The zero-order valence-electron chi connectivity index (χ0n) is 8.47. The van der Waals surface area contributed by atoms with E-state index in [0.29, 0.717) is 11.4 Å². The molecule has 0 spiro atoms. The van der Waals surface area contributed by atoms with Crippen molar-refractivity contribution in [3.63, 3.8) is 0 Å². The van der Waals surface area contributed by atoms with E-state index < -0.39 is 6.55 Å². The first-order valence-electron chi connectivity index (χ1n) is 4.54. The van der Waals surface area contributed by atoms with Gasteiger partial charge in [0, 0.05) is 30.2 Å². The van der Waals surface area contributed by atoms with Gasteiger partial charge in [0.25, 0.3) is 0 Å². The number of imidazole rings is 1. The molecule has 0 aromatic carbocycles. The minimum absolute atomic E-state index is 0.185. The molecule has 0 saturated carbocycles. The fraction of sp³-hybridized carbons (Fsp3) is 0.200. The molecule has 0 fully saturated rings. The average molecular weight is 225 g/mol. The van der Waals surface area contributed by atoms with E-state index >= 15 is 0 Å². The van der Waals surface area contributed by atoms with Crippen LogP contribution >= 0.6 is 0 Å². The number of aromatic nitrogens is 3. The molecule has 6 heteroatoms. The second-order valence-corrected chi connectivity index (χ2v) is 3.03. The summed E-state index contributed by atoms with van der Waals surface area (Å²) < 4.78 is 30.8. The molecular formula is C10H9F2N3O.